The van der Waals surface area contributed by atoms with Gasteiger partial charge >= 0.3 is 0 Å². The molecular weight excluding hydrogens is 256 g/mol. The van der Waals surface area contributed by atoms with E-state index in [4.69, 9.17) is 5.73 Å². The van der Waals surface area contributed by atoms with E-state index in [1.165, 1.54) is 50.8 Å². The van der Waals surface area contributed by atoms with Gasteiger partial charge in [-0.2, -0.15) is 0 Å². The maximum absolute atomic E-state index is 5.50. The first kappa shape index (κ1) is 14.6. The second kappa shape index (κ2) is 7.11. The van der Waals surface area contributed by atoms with E-state index < -0.39 is 0 Å². The highest BCUT2D eigenvalue weighted by atomic mass is 15.1. The van der Waals surface area contributed by atoms with Crippen molar-refractivity contribution in [2.24, 2.45) is 17.6 Å². The first-order valence-electron chi connectivity index (χ1n) is 8.36. The zero-order valence-corrected chi connectivity index (χ0v) is 12.9. The van der Waals surface area contributed by atoms with Crippen LogP contribution in [0.2, 0.25) is 0 Å². The lowest BCUT2D eigenvalue weighted by atomic mass is 9.75. The van der Waals surface area contributed by atoms with Crippen molar-refractivity contribution in [2.45, 2.75) is 38.6 Å². The molecule has 0 radical (unpaired) electrons. The van der Waals surface area contributed by atoms with Gasteiger partial charge in [-0.1, -0.05) is 49.3 Å². The normalized spacial score (nSPS) is 25.8. The highest BCUT2D eigenvalue weighted by molar-refractivity contribution is 5.41. The van der Waals surface area contributed by atoms with E-state index in [0.29, 0.717) is 6.54 Å². The largest absolute Gasteiger partial charge is 0.320 e. The molecule has 112 valence electrons. The molecule has 2 unspecified atom stereocenters. The van der Waals surface area contributed by atoms with Crippen LogP contribution in [0.3, 0.4) is 0 Å². The number of fused-ring (bicyclic) bond motifs is 1. The van der Waals surface area contributed by atoms with E-state index in [0.717, 1.165) is 23.9 Å². The summed E-state index contributed by atoms with van der Waals surface area (Å²) < 4.78 is 0. The van der Waals surface area contributed by atoms with Crippen molar-refractivity contribution in [3.05, 3.63) is 35.4 Å². The second-order valence-electron chi connectivity index (χ2n) is 6.49. The minimum Gasteiger partial charge on any atom is -0.320 e. The summed E-state index contributed by atoms with van der Waals surface area (Å²) in [4.78, 5) is 2.63. The Morgan fingerprint density at radius 2 is 1.90 bits per heavy atom. The molecule has 1 heterocycles. The molecule has 1 aromatic carbocycles. The molecule has 2 heteroatoms. The molecule has 1 saturated carbocycles. The van der Waals surface area contributed by atoms with Gasteiger partial charge in [-0.25, -0.2) is 0 Å². The van der Waals surface area contributed by atoms with Crippen LogP contribution in [0.1, 0.15) is 43.2 Å². The Balaban J connectivity index is 1.67. The maximum atomic E-state index is 5.50. The van der Waals surface area contributed by atoms with Gasteiger partial charge in [-0.15, -0.1) is 0 Å². The molecule has 3 rings (SSSR count). The van der Waals surface area contributed by atoms with Gasteiger partial charge in [0.15, 0.2) is 0 Å². The van der Waals surface area contributed by atoms with E-state index in [1.54, 1.807) is 0 Å². The van der Waals surface area contributed by atoms with Crippen LogP contribution in [-0.4, -0.2) is 24.5 Å². The molecule has 1 aromatic rings. The van der Waals surface area contributed by atoms with Gasteiger partial charge in [0.25, 0.3) is 0 Å². The number of piperidine rings is 1. The van der Waals surface area contributed by atoms with E-state index in [9.17, 15) is 0 Å². The molecular formula is C19H26N2. The number of hydrogen-bond donors (Lipinski definition) is 1. The number of nitrogens with two attached hydrogens (primary N) is 1. The highest BCUT2D eigenvalue weighted by Crippen LogP contribution is 2.36. The van der Waals surface area contributed by atoms with Crippen LogP contribution in [0, 0.1) is 23.7 Å². The molecule has 1 aliphatic heterocycles. The Kier molecular flexibility index (Phi) is 4.95. The maximum Gasteiger partial charge on any atom is 0.0555 e. The average Bonchev–Trinajstić information content (AvgIpc) is 2.54. The van der Waals surface area contributed by atoms with Crippen LogP contribution in [0.15, 0.2) is 24.3 Å². The van der Waals surface area contributed by atoms with Crippen molar-refractivity contribution in [1.82, 2.24) is 4.90 Å². The van der Waals surface area contributed by atoms with Crippen molar-refractivity contribution in [1.29, 1.82) is 0 Å². The first-order chi connectivity index (χ1) is 10.4. The standard InChI is InChI=1S/C19H26N2/c20-12-5-10-16-6-1-3-8-18(16)14-21-13-11-17-7-2-4-9-19(17)15-21/h1,3,6,8,17,19H,2,4,7,9,11-15,20H2. The van der Waals surface area contributed by atoms with Crippen LogP contribution in [0.25, 0.3) is 0 Å². The van der Waals surface area contributed by atoms with Crippen LogP contribution in [0.5, 0.6) is 0 Å². The zero-order chi connectivity index (χ0) is 14.5. The Hall–Kier alpha value is -1.30. The molecule has 0 spiro atoms. The van der Waals surface area contributed by atoms with Gasteiger partial charge in [0, 0.05) is 18.7 Å². The molecule has 2 nitrogen and oxygen atoms in total. The van der Waals surface area contributed by atoms with Gasteiger partial charge < -0.3 is 5.73 Å². The van der Waals surface area contributed by atoms with Gasteiger partial charge in [0.05, 0.1) is 6.54 Å². The predicted octanol–water partition coefficient (Wildman–Crippen LogP) is 3.01. The quantitative estimate of drug-likeness (QED) is 0.845. The SMILES string of the molecule is NCC#Cc1ccccc1CN1CCC2CCCCC2C1. The minimum absolute atomic E-state index is 0.432. The molecule has 0 amide bonds. The smallest absolute Gasteiger partial charge is 0.0555 e. The van der Waals surface area contributed by atoms with Crippen molar-refractivity contribution >= 4 is 0 Å². The molecule has 1 saturated heterocycles. The van der Waals surface area contributed by atoms with Gasteiger partial charge in [-0.3, -0.25) is 4.90 Å². The molecule has 1 aliphatic carbocycles. The fourth-order valence-electron chi connectivity index (χ4n) is 3.99. The van der Waals surface area contributed by atoms with Gasteiger partial charge in [-0.05, 0) is 42.9 Å². The topological polar surface area (TPSA) is 29.3 Å². The first-order valence-corrected chi connectivity index (χ1v) is 8.36. The lowest BCUT2D eigenvalue weighted by Crippen LogP contribution is -2.41. The van der Waals surface area contributed by atoms with Crippen LogP contribution in [0.4, 0.5) is 0 Å². The summed E-state index contributed by atoms with van der Waals surface area (Å²) in [7, 11) is 0. The zero-order valence-electron chi connectivity index (χ0n) is 12.9. The Bertz CT molecular complexity index is 526. The Labute approximate surface area is 128 Å². The molecule has 21 heavy (non-hydrogen) atoms. The average molecular weight is 282 g/mol. The van der Waals surface area contributed by atoms with E-state index in [1.807, 2.05) is 0 Å². The Morgan fingerprint density at radius 1 is 1.10 bits per heavy atom. The number of nitrogens with zero attached hydrogens (tertiary/aromatic N) is 1. The molecule has 2 aliphatic rings. The molecule has 2 fully saturated rings. The third-order valence-corrected chi connectivity index (χ3v) is 5.11. The van der Waals surface area contributed by atoms with E-state index >= 15 is 0 Å². The lowest BCUT2D eigenvalue weighted by Gasteiger charge is -2.41. The summed E-state index contributed by atoms with van der Waals surface area (Å²) in [5, 5.41) is 0. The molecule has 0 aromatic heterocycles. The summed E-state index contributed by atoms with van der Waals surface area (Å²) in [5.41, 5.74) is 8.00. The molecule has 0 bridgehead atoms. The van der Waals surface area contributed by atoms with Crippen molar-refractivity contribution in [3.63, 3.8) is 0 Å². The van der Waals surface area contributed by atoms with Crippen LogP contribution in [-0.2, 0) is 6.54 Å². The fourth-order valence-corrected chi connectivity index (χ4v) is 3.99. The summed E-state index contributed by atoms with van der Waals surface area (Å²) in [6.45, 7) is 4.00. The number of likely N-dealkylation sites (tertiary alicyclic amines) is 1. The van der Waals surface area contributed by atoms with Crippen LogP contribution < -0.4 is 5.73 Å². The number of rotatable bonds is 2. The number of benzene rings is 1. The van der Waals surface area contributed by atoms with Crippen molar-refractivity contribution < 1.29 is 0 Å². The van der Waals surface area contributed by atoms with E-state index in [-0.39, 0.29) is 0 Å². The summed E-state index contributed by atoms with van der Waals surface area (Å²) in [5.74, 6) is 8.15. The lowest BCUT2D eigenvalue weighted by molar-refractivity contribution is 0.0820. The molecule has 2 N–H and O–H groups in total. The van der Waals surface area contributed by atoms with Crippen molar-refractivity contribution in [3.8, 4) is 11.8 Å². The predicted molar refractivity (Wildman–Crippen MR) is 87.7 cm³/mol. The number of hydrogen-bond acceptors (Lipinski definition) is 2. The third kappa shape index (κ3) is 3.67. The van der Waals surface area contributed by atoms with E-state index in [2.05, 4.69) is 41.0 Å². The van der Waals surface area contributed by atoms with Gasteiger partial charge in [0.1, 0.15) is 0 Å². The van der Waals surface area contributed by atoms with Crippen LogP contribution >= 0.6 is 0 Å². The summed E-state index contributed by atoms with van der Waals surface area (Å²) >= 11 is 0. The molecule has 2 atom stereocenters. The summed E-state index contributed by atoms with van der Waals surface area (Å²) in [6.07, 6.45) is 7.19. The summed E-state index contributed by atoms with van der Waals surface area (Å²) in [6, 6.07) is 8.52. The van der Waals surface area contributed by atoms with Gasteiger partial charge in [0.2, 0.25) is 0 Å². The highest BCUT2D eigenvalue weighted by Gasteiger charge is 2.30. The fraction of sp³-hybridized carbons (Fsp3) is 0.579. The second-order valence-corrected chi connectivity index (χ2v) is 6.49. The third-order valence-electron chi connectivity index (χ3n) is 5.11. The van der Waals surface area contributed by atoms with Crippen molar-refractivity contribution in [2.75, 3.05) is 19.6 Å². The minimum atomic E-state index is 0.432. The Morgan fingerprint density at radius 3 is 2.76 bits per heavy atom. The monoisotopic (exact) mass is 282 g/mol.